The zero-order valence-electron chi connectivity index (χ0n) is 17.9. The number of halogens is 1. The fourth-order valence-corrected chi connectivity index (χ4v) is 4.69. The molecule has 0 aliphatic carbocycles. The van der Waals surface area contributed by atoms with Crippen molar-refractivity contribution >= 4 is 29.1 Å². The van der Waals surface area contributed by atoms with E-state index in [9.17, 15) is 9.59 Å². The number of para-hydroxylation sites is 1. The van der Waals surface area contributed by atoms with Crippen molar-refractivity contribution in [3.8, 4) is 0 Å². The minimum Gasteiger partial charge on any atom is -0.353 e. The Morgan fingerprint density at radius 3 is 2.52 bits per heavy atom. The van der Waals surface area contributed by atoms with E-state index in [1.54, 1.807) is 0 Å². The minimum absolute atomic E-state index is 0.0723. The molecule has 0 aromatic heterocycles. The highest BCUT2D eigenvalue weighted by Crippen LogP contribution is 2.27. The van der Waals surface area contributed by atoms with Gasteiger partial charge in [-0.15, -0.1) is 0 Å². The van der Waals surface area contributed by atoms with E-state index < -0.39 is 0 Å². The van der Waals surface area contributed by atoms with E-state index in [-0.39, 0.29) is 17.9 Å². The van der Waals surface area contributed by atoms with Crippen molar-refractivity contribution in [1.29, 1.82) is 0 Å². The fourth-order valence-electron chi connectivity index (χ4n) is 4.56. The lowest BCUT2D eigenvalue weighted by Crippen LogP contribution is -2.45. The first kappa shape index (κ1) is 21.8. The molecule has 1 fully saturated rings. The normalized spacial score (nSPS) is 17.5. The van der Waals surface area contributed by atoms with Crippen molar-refractivity contribution in [3.63, 3.8) is 0 Å². The number of nitrogens with zero attached hydrogens (tertiary/aromatic N) is 2. The SMILES string of the molecule is O=C(Cc1ccc(Cl)cc1)NC1CCN(CCCN2C(=O)CCc3ccccc32)CC1. The first-order chi connectivity index (χ1) is 15.1. The number of anilines is 1. The predicted octanol–water partition coefficient (Wildman–Crippen LogP) is 3.83. The number of piperidine rings is 1. The Bertz CT molecular complexity index is 907. The topological polar surface area (TPSA) is 52.7 Å². The van der Waals surface area contributed by atoms with Crippen LogP contribution in [0, 0.1) is 0 Å². The molecular formula is C25H30ClN3O2. The summed E-state index contributed by atoms with van der Waals surface area (Å²) in [5, 5.41) is 3.86. The van der Waals surface area contributed by atoms with Crippen LogP contribution in [-0.4, -0.2) is 48.9 Å². The van der Waals surface area contributed by atoms with E-state index in [1.165, 1.54) is 5.56 Å². The molecule has 4 rings (SSSR count). The quantitative estimate of drug-likeness (QED) is 0.713. The molecule has 2 heterocycles. The number of rotatable bonds is 7. The number of aryl methyl sites for hydroxylation is 1. The van der Waals surface area contributed by atoms with E-state index in [0.717, 1.165) is 63.1 Å². The summed E-state index contributed by atoms with van der Waals surface area (Å²) in [6.45, 7) is 3.72. The average Bonchev–Trinajstić information content (AvgIpc) is 2.78. The van der Waals surface area contributed by atoms with E-state index in [2.05, 4.69) is 22.3 Å². The second-order valence-electron chi connectivity index (χ2n) is 8.51. The molecular weight excluding hydrogens is 410 g/mol. The number of hydrogen-bond donors (Lipinski definition) is 1. The van der Waals surface area contributed by atoms with Crippen LogP contribution >= 0.6 is 11.6 Å². The molecule has 1 saturated heterocycles. The number of fused-ring (bicyclic) bond motifs is 1. The van der Waals surface area contributed by atoms with Gasteiger partial charge in [0, 0.05) is 42.8 Å². The number of likely N-dealkylation sites (tertiary alicyclic amines) is 1. The number of carbonyl (C=O) groups excluding carboxylic acids is 2. The van der Waals surface area contributed by atoms with E-state index in [0.29, 0.717) is 17.9 Å². The van der Waals surface area contributed by atoms with Gasteiger partial charge in [0.25, 0.3) is 0 Å². The lowest BCUT2D eigenvalue weighted by atomic mass is 10.0. The molecule has 0 radical (unpaired) electrons. The zero-order chi connectivity index (χ0) is 21.6. The summed E-state index contributed by atoms with van der Waals surface area (Å²) in [5.41, 5.74) is 3.34. The first-order valence-corrected chi connectivity index (χ1v) is 11.6. The molecule has 0 spiro atoms. The summed E-state index contributed by atoms with van der Waals surface area (Å²) in [4.78, 5) is 29.1. The van der Waals surface area contributed by atoms with Crippen LogP contribution in [0.3, 0.4) is 0 Å². The summed E-state index contributed by atoms with van der Waals surface area (Å²) in [6.07, 6.45) is 4.76. The van der Waals surface area contributed by atoms with Gasteiger partial charge in [-0.1, -0.05) is 41.9 Å². The lowest BCUT2D eigenvalue weighted by molar-refractivity contribution is -0.121. The molecule has 2 aliphatic heterocycles. The van der Waals surface area contributed by atoms with Crippen LogP contribution in [0.5, 0.6) is 0 Å². The van der Waals surface area contributed by atoms with Gasteiger partial charge in [-0.25, -0.2) is 0 Å². The van der Waals surface area contributed by atoms with Crippen molar-refractivity contribution < 1.29 is 9.59 Å². The van der Waals surface area contributed by atoms with Crippen molar-refractivity contribution in [3.05, 3.63) is 64.7 Å². The van der Waals surface area contributed by atoms with Crippen LogP contribution in [0.1, 0.15) is 36.8 Å². The highest BCUT2D eigenvalue weighted by atomic mass is 35.5. The Morgan fingerprint density at radius 2 is 1.74 bits per heavy atom. The summed E-state index contributed by atoms with van der Waals surface area (Å²) in [7, 11) is 0. The third kappa shape index (κ3) is 5.86. The molecule has 164 valence electrons. The second-order valence-corrected chi connectivity index (χ2v) is 8.95. The molecule has 0 saturated carbocycles. The van der Waals surface area contributed by atoms with Gasteiger partial charge in [0.2, 0.25) is 11.8 Å². The lowest BCUT2D eigenvalue weighted by Gasteiger charge is -2.34. The molecule has 2 aromatic rings. The van der Waals surface area contributed by atoms with E-state index in [1.807, 2.05) is 41.3 Å². The van der Waals surface area contributed by atoms with Crippen molar-refractivity contribution in [2.24, 2.45) is 0 Å². The van der Waals surface area contributed by atoms with Crippen LogP contribution in [0.25, 0.3) is 0 Å². The fraction of sp³-hybridized carbons (Fsp3) is 0.440. The zero-order valence-corrected chi connectivity index (χ0v) is 18.6. The van der Waals surface area contributed by atoms with Gasteiger partial charge >= 0.3 is 0 Å². The van der Waals surface area contributed by atoms with Gasteiger partial charge < -0.3 is 15.1 Å². The number of nitrogens with one attached hydrogen (secondary N) is 1. The van der Waals surface area contributed by atoms with Gasteiger partial charge in [-0.05, 0) is 61.6 Å². The maximum Gasteiger partial charge on any atom is 0.227 e. The summed E-state index contributed by atoms with van der Waals surface area (Å²) < 4.78 is 0. The molecule has 1 N–H and O–H groups in total. The molecule has 2 aliphatic rings. The average molecular weight is 440 g/mol. The van der Waals surface area contributed by atoms with E-state index in [4.69, 9.17) is 11.6 Å². The van der Waals surface area contributed by atoms with Gasteiger partial charge in [0.15, 0.2) is 0 Å². The number of carbonyl (C=O) groups is 2. The van der Waals surface area contributed by atoms with E-state index >= 15 is 0 Å². The molecule has 0 bridgehead atoms. The van der Waals surface area contributed by atoms with Crippen molar-refractivity contribution in [2.75, 3.05) is 31.1 Å². The Morgan fingerprint density at radius 1 is 1.00 bits per heavy atom. The third-order valence-corrected chi connectivity index (χ3v) is 6.53. The maximum absolute atomic E-state index is 12.4. The number of hydrogen-bond acceptors (Lipinski definition) is 3. The largest absolute Gasteiger partial charge is 0.353 e. The maximum atomic E-state index is 12.4. The van der Waals surface area contributed by atoms with Crippen LogP contribution in [0.4, 0.5) is 5.69 Å². The van der Waals surface area contributed by atoms with Gasteiger partial charge in [-0.2, -0.15) is 0 Å². The molecule has 31 heavy (non-hydrogen) atoms. The monoisotopic (exact) mass is 439 g/mol. The van der Waals surface area contributed by atoms with Gasteiger partial charge in [0.1, 0.15) is 0 Å². The highest BCUT2D eigenvalue weighted by molar-refractivity contribution is 6.30. The highest BCUT2D eigenvalue weighted by Gasteiger charge is 2.24. The predicted molar refractivity (Wildman–Crippen MR) is 124 cm³/mol. The Kier molecular flexibility index (Phi) is 7.25. The third-order valence-electron chi connectivity index (χ3n) is 6.28. The van der Waals surface area contributed by atoms with Crippen molar-refractivity contribution in [1.82, 2.24) is 10.2 Å². The Labute approximate surface area is 189 Å². The van der Waals surface area contributed by atoms with Crippen LogP contribution in [0.15, 0.2) is 48.5 Å². The summed E-state index contributed by atoms with van der Waals surface area (Å²) >= 11 is 5.90. The molecule has 5 nitrogen and oxygen atoms in total. The second kappa shape index (κ2) is 10.3. The minimum atomic E-state index is 0.0723. The number of amides is 2. The standard InChI is InChI=1S/C25H30ClN3O2/c26-21-9-6-19(7-10-21)18-24(30)27-22-12-16-28(17-13-22)14-3-15-29-23-5-2-1-4-20(23)8-11-25(29)31/h1-2,4-7,9-10,22H,3,8,11-18H2,(H,27,30). The molecule has 2 aromatic carbocycles. The molecule has 0 atom stereocenters. The van der Waals surface area contributed by atoms with Crippen LogP contribution in [-0.2, 0) is 22.4 Å². The summed E-state index contributed by atoms with van der Waals surface area (Å²) in [5.74, 6) is 0.309. The Balaban J connectivity index is 1.17. The van der Waals surface area contributed by atoms with Crippen LogP contribution < -0.4 is 10.2 Å². The first-order valence-electron chi connectivity index (χ1n) is 11.2. The molecule has 2 amide bonds. The van der Waals surface area contributed by atoms with Gasteiger partial charge in [0.05, 0.1) is 6.42 Å². The Hall–Kier alpha value is -2.37. The van der Waals surface area contributed by atoms with Crippen LogP contribution in [0.2, 0.25) is 5.02 Å². The molecule has 6 heteroatoms. The van der Waals surface area contributed by atoms with Crippen molar-refractivity contribution in [2.45, 2.75) is 44.6 Å². The molecule has 0 unspecified atom stereocenters. The smallest absolute Gasteiger partial charge is 0.227 e. The number of benzene rings is 2. The van der Waals surface area contributed by atoms with Gasteiger partial charge in [-0.3, -0.25) is 9.59 Å². The summed E-state index contributed by atoms with van der Waals surface area (Å²) in [6, 6.07) is 15.9.